The molecule has 2 amide bonds. The highest BCUT2D eigenvalue weighted by Gasteiger charge is 2.11. The first-order chi connectivity index (χ1) is 12.9. The zero-order valence-corrected chi connectivity index (χ0v) is 15.2. The molecule has 0 atom stereocenters. The van der Waals surface area contributed by atoms with E-state index in [1.807, 2.05) is 0 Å². The Morgan fingerprint density at radius 1 is 1.15 bits per heavy atom. The van der Waals surface area contributed by atoms with Gasteiger partial charge in [0.15, 0.2) is 0 Å². The van der Waals surface area contributed by atoms with Crippen LogP contribution in [0, 0.1) is 17.0 Å². The minimum absolute atomic E-state index is 0.0429. The van der Waals surface area contributed by atoms with E-state index in [9.17, 15) is 19.7 Å². The Hall–Kier alpha value is -3.26. The van der Waals surface area contributed by atoms with Crippen LogP contribution in [0.5, 0.6) is 0 Å². The summed E-state index contributed by atoms with van der Waals surface area (Å²) in [4.78, 5) is 34.1. The first-order valence-corrected chi connectivity index (χ1v) is 8.36. The third-order valence-corrected chi connectivity index (χ3v) is 4.06. The molecule has 0 aromatic heterocycles. The molecule has 0 spiro atoms. The Balaban J connectivity index is 1.83. The van der Waals surface area contributed by atoms with Crippen molar-refractivity contribution < 1.29 is 14.5 Å². The van der Waals surface area contributed by atoms with Crippen molar-refractivity contribution in [3.05, 3.63) is 68.7 Å². The summed E-state index contributed by atoms with van der Waals surface area (Å²) in [6.45, 7) is 1.78. The minimum Gasteiger partial charge on any atom is -0.326 e. The third-order valence-electron chi connectivity index (χ3n) is 3.65. The molecule has 140 valence electrons. The Morgan fingerprint density at radius 3 is 2.59 bits per heavy atom. The van der Waals surface area contributed by atoms with Crippen LogP contribution >= 0.6 is 11.6 Å². The van der Waals surface area contributed by atoms with E-state index in [4.69, 9.17) is 11.6 Å². The Bertz CT molecular complexity index is 899. The molecule has 0 radical (unpaired) electrons. The van der Waals surface area contributed by atoms with Crippen LogP contribution in [0.1, 0.15) is 24.0 Å². The average molecular weight is 389 g/mol. The monoisotopic (exact) mass is 388 g/mol. The molecular weight excluding hydrogens is 372 g/mol. The van der Waals surface area contributed by atoms with Crippen LogP contribution in [0.4, 0.5) is 11.4 Å². The lowest BCUT2D eigenvalue weighted by Gasteiger charge is -2.09. The molecule has 0 bridgehead atoms. The van der Waals surface area contributed by atoms with E-state index < -0.39 is 10.8 Å². The molecular formula is C18H17ClN4O4. The summed E-state index contributed by atoms with van der Waals surface area (Å²) in [6.07, 6.45) is 1.06. The van der Waals surface area contributed by atoms with E-state index in [0.717, 1.165) is 5.56 Å². The van der Waals surface area contributed by atoms with Gasteiger partial charge >= 0.3 is 0 Å². The standard InChI is InChI=1S/C18H17ClN4O4/c1-12-14(19)6-4-7-15(12)21-17(24)9-10-18(25)22-20-11-13-5-2-3-8-16(13)23(26)27/h2-8,11H,9-10H2,1H3,(H,21,24)(H,22,25)/b20-11-. The minimum atomic E-state index is -0.536. The number of amides is 2. The molecule has 9 heteroatoms. The first kappa shape index (κ1) is 20.1. The lowest BCUT2D eigenvalue weighted by Crippen LogP contribution is -2.21. The van der Waals surface area contributed by atoms with Gasteiger partial charge in [-0.3, -0.25) is 19.7 Å². The van der Waals surface area contributed by atoms with Gasteiger partial charge in [0.25, 0.3) is 5.69 Å². The van der Waals surface area contributed by atoms with Gasteiger partial charge in [-0.05, 0) is 30.7 Å². The summed E-state index contributed by atoms with van der Waals surface area (Å²) in [5, 5.41) is 17.8. The van der Waals surface area contributed by atoms with Crippen molar-refractivity contribution >= 4 is 41.0 Å². The van der Waals surface area contributed by atoms with Crippen LogP contribution in [0.15, 0.2) is 47.6 Å². The molecule has 8 nitrogen and oxygen atoms in total. The summed E-state index contributed by atoms with van der Waals surface area (Å²) in [5.74, 6) is -0.819. The van der Waals surface area contributed by atoms with Crippen LogP contribution in [-0.4, -0.2) is 23.0 Å². The van der Waals surface area contributed by atoms with Gasteiger partial charge in [-0.25, -0.2) is 5.43 Å². The van der Waals surface area contributed by atoms with Crippen LogP contribution in [0.3, 0.4) is 0 Å². The molecule has 2 rings (SSSR count). The topological polar surface area (TPSA) is 114 Å². The number of hydrogen-bond acceptors (Lipinski definition) is 5. The summed E-state index contributed by atoms with van der Waals surface area (Å²) in [7, 11) is 0. The molecule has 2 aromatic rings. The number of carbonyl (C=O) groups excluding carboxylic acids is 2. The number of anilines is 1. The SMILES string of the molecule is Cc1c(Cl)cccc1NC(=O)CCC(=O)N/N=C\c1ccccc1[N+](=O)[O-]. The zero-order chi connectivity index (χ0) is 19.8. The summed E-state index contributed by atoms with van der Waals surface area (Å²) in [6, 6.07) is 11.2. The summed E-state index contributed by atoms with van der Waals surface area (Å²) in [5.41, 5.74) is 3.71. The van der Waals surface area contributed by atoms with E-state index in [2.05, 4.69) is 15.8 Å². The van der Waals surface area contributed by atoms with Crippen molar-refractivity contribution in [1.29, 1.82) is 0 Å². The molecule has 0 unspecified atom stereocenters. The van der Waals surface area contributed by atoms with Crippen molar-refractivity contribution in [3.63, 3.8) is 0 Å². The smallest absolute Gasteiger partial charge is 0.278 e. The number of nitrogens with one attached hydrogen (secondary N) is 2. The molecule has 0 aliphatic heterocycles. The molecule has 0 saturated carbocycles. The number of nitrogens with zero attached hydrogens (tertiary/aromatic N) is 2. The lowest BCUT2D eigenvalue weighted by molar-refractivity contribution is -0.385. The maximum absolute atomic E-state index is 11.9. The molecule has 0 fully saturated rings. The van der Waals surface area contributed by atoms with Gasteiger partial charge < -0.3 is 5.32 Å². The van der Waals surface area contributed by atoms with Crippen molar-refractivity contribution in [2.45, 2.75) is 19.8 Å². The van der Waals surface area contributed by atoms with Crippen LogP contribution in [0.25, 0.3) is 0 Å². The van der Waals surface area contributed by atoms with Gasteiger partial charge in [-0.1, -0.05) is 29.8 Å². The van der Waals surface area contributed by atoms with Crippen molar-refractivity contribution in [2.24, 2.45) is 5.10 Å². The number of nitro groups is 1. The summed E-state index contributed by atoms with van der Waals surface area (Å²) >= 11 is 5.99. The molecule has 0 aliphatic rings. The predicted octanol–water partition coefficient (Wildman–Crippen LogP) is 3.43. The molecule has 2 N–H and O–H groups in total. The average Bonchev–Trinajstić information content (AvgIpc) is 2.64. The maximum atomic E-state index is 11.9. The fraction of sp³-hybridized carbons (Fsp3) is 0.167. The highest BCUT2D eigenvalue weighted by atomic mass is 35.5. The molecule has 0 heterocycles. The van der Waals surface area contributed by atoms with Crippen molar-refractivity contribution in [1.82, 2.24) is 5.43 Å². The number of hydrazone groups is 1. The van der Waals surface area contributed by atoms with Crippen molar-refractivity contribution in [3.8, 4) is 0 Å². The second kappa shape index (κ2) is 9.44. The van der Waals surface area contributed by atoms with Gasteiger partial charge in [0.2, 0.25) is 11.8 Å². The van der Waals surface area contributed by atoms with Gasteiger partial charge in [-0.2, -0.15) is 5.10 Å². The van der Waals surface area contributed by atoms with E-state index >= 15 is 0 Å². The van der Waals surface area contributed by atoms with E-state index in [0.29, 0.717) is 10.7 Å². The number of nitro benzene ring substituents is 1. The van der Waals surface area contributed by atoms with Crippen LogP contribution < -0.4 is 10.7 Å². The lowest BCUT2D eigenvalue weighted by atomic mass is 10.2. The molecule has 27 heavy (non-hydrogen) atoms. The Labute approximate surface area is 160 Å². The van der Waals surface area contributed by atoms with E-state index in [-0.39, 0.29) is 30.0 Å². The zero-order valence-electron chi connectivity index (χ0n) is 14.4. The van der Waals surface area contributed by atoms with Crippen LogP contribution in [-0.2, 0) is 9.59 Å². The number of benzene rings is 2. The Morgan fingerprint density at radius 2 is 1.85 bits per heavy atom. The molecule has 0 aliphatic carbocycles. The number of rotatable bonds is 7. The largest absolute Gasteiger partial charge is 0.326 e. The number of carbonyl (C=O) groups is 2. The fourth-order valence-corrected chi connectivity index (χ4v) is 2.35. The first-order valence-electron chi connectivity index (χ1n) is 7.98. The molecule has 2 aromatic carbocycles. The normalized spacial score (nSPS) is 10.6. The predicted molar refractivity (Wildman–Crippen MR) is 103 cm³/mol. The number of para-hydroxylation sites is 1. The molecule has 0 saturated heterocycles. The van der Waals surface area contributed by atoms with E-state index in [1.165, 1.54) is 24.4 Å². The highest BCUT2D eigenvalue weighted by Crippen LogP contribution is 2.23. The van der Waals surface area contributed by atoms with Crippen LogP contribution in [0.2, 0.25) is 5.02 Å². The number of halogens is 1. The quantitative estimate of drug-likeness (QED) is 0.429. The van der Waals surface area contributed by atoms with Gasteiger partial charge in [0.05, 0.1) is 16.7 Å². The summed E-state index contributed by atoms with van der Waals surface area (Å²) < 4.78 is 0. The van der Waals surface area contributed by atoms with Gasteiger partial charge in [-0.15, -0.1) is 0 Å². The maximum Gasteiger partial charge on any atom is 0.278 e. The second-order valence-corrected chi connectivity index (χ2v) is 5.98. The highest BCUT2D eigenvalue weighted by molar-refractivity contribution is 6.31. The van der Waals surface area contributed by atoms with Gasteiger partial charge in [0, 0.05) is 29.6 Å². The van der Waals surface area contributed by atoms with Gasteiger partial charge in [0.1, 0.15) is 0 Å². The second-order valence-electron chi connectivity index (χ2n) is 5.57. The van der Waals surface area contributed by atoms with Crippen molar-refractivity contribution in [2.75, 3.05) is 5.32 Å². The fourth-order valence-electron chi connectivity index (χ4n) is 2.18. The van der Waals surface area contributed by atoms with E-state index in [1.54, 1.807) is 31.2 Å². The number of hydrogen-bond donors (Lipinski definition) is 2. The Kier molecular flexibility index (Phi) is 7.01. The third kappa shape index (κ3) is 5.89.